The first kappa shape index (κ1) is 14.0. The lowest BCUT2D eigenvalue weighted by Gasteiger charge is -2.14. The number of esters is 2. The topological polar surface area (TPSA) is 55.8 Å². The summed E-state index contributed by atoms with van der Waals surface area (Å²) in [7, 11) is 0. The molecule has 0 aliphatic carbocycles. The highest BCUT2D eigenvalue weighted by atomic mass is 32.2. The molecular weight excluding hydrogens is 266 g/mol. The second kappa shape index (κ2) is 6.14. The van der Waals surface area contributed by atoms with Crippen LogP contribution in [0.1, 0.15) is 20.3 Å². The number of carbonyl (C=O) groups is 2. The zero-order valence-corrected chi connectivity index (χ0v) is 11.9. The van der Waals surface area contributed by atoms with Gasteiger partial charge in [-0.05, 0) is 13.8 Å². The zero-order chi connectivity index (χ0) is 13.8. The summed E-state index contributed by atoms with van der Waals surface area (Å²) in [6, 6.07) is 0. The fraction of sp³-hybridized carbons (Fsp3) is 0.538. The van der Waals surface area contributed by atoms with Crippen LogP contribution in [0.15, 0.2) is 22.4 Å². The molecule has 2 aliphatic heterocycles. The first-order valence-corrected chi connectivity index (χ1v) is 7.33. The van der Waals surface area contributed by atoms with Crippen LogP contribution in [-0.4, -0.2) is 42.3 Å². The van der Waals surface area contributed by atoms with E-state index in [0.29, 0.717) is 25.4 Å². The Morgan fingerprint density at radius 2 is 2.05 bits per heavy atom. The molecule has 19 heavy (non-hydrogen) atoms. The van der Waals surface area contributed by atoms with Crippen LogP contribution in [0, 0.1) is 0 Å². The van der Waals surface area contributed by atoms with Crippen LogP contribution in [0.2, 0.25) is 0 Å². The van der Waals surface area contributed by atoms with E-state index in [1.165, 1.54) is 6.08 Å². The van der Waals surface area contributed by atoms with Crippen molar-refractivity contribution in [1.82, 2.24) is 4.90 Å². The van der Waals surface area contributed by atoms with Crippen LogP contribution < -0.4 is 0 Å². The van der Waals surface area contributed by atoms with E-state index in [2.05, 4.69) is 0 Å². The van der Waals surface area contributed by atoms with Gasteiger partial charge in [0.1, 0.15) is 0 Å². The van der Waals surface area contributed by atoms with Gasteiger partial charge in [0, 0.05) is 30.5 Å². The highest BCUT2D eigenvalue weighted by Gasteiger charge is 2.35. The number of ether oxygens (including phenoxy) is 2. The molecule has 0 unspecified atom stereocenters. The third-order valence-corrected chi connectivity index (χ3v) is 4.07. The number of carbonyl (C=O) groups excluding carboxylic acids is 2. The van der Waals surface area contributed by atoms with Gasteiger partial charge in [0.15, 0.2) is 0 Å². The Balaban J connectivity index is 2.13. The molecule has 2 aliphatic rings. The SMILES string of the molecule is CCOC(=O)/C=C1\CSC2=C(C(=O)OCC)CCN21. The van der Waals surface area contributed by atoms with E-state index in [1.807, 2.05) is 4.90 Å². The standard InChI is InChI=1S/C13H17NO4S/c1-3-17-11(15)7-9-8-19-12-10(5-6-14(9)12)13(16)18-4-2/h7H,3-6,8H2,1-2H3/b9-7+. The molecule has 0 aromatic carbocycles. The van der Waals surface area contributed by atoms with Crippen molar-refractivity contribution in [1.29, 1.82) is 0 Å². The lowest BCUT2D eigenvalue weighted by molar-refractivity contribution is -0.139. The molecule has 0 radical (unpaired) electrons. The maximum atomic E-state index is 11.8. The van der Waals surface area contributed by atoms with Crippen LogP contribution in [0.4, 0.5) is 0 Å². The van der Waals surface area contributed by atoms with Gasteiger partial charge in [0.25, 0.3) is 0 Å². The summed E-state index contributed by atoms with van der Waals surface area (Å²) >= 11 is 1.57. The average Bonchev–Trinajstić information content (AvgIpc) is 2.93. The largest absolute Gasteiger partial charge is 0.463 e. The fourth-order valence-corrected chi connectivity index (χ4v) is 3.35. The van der Waals surface area contributed by atoms with Crippen LogP contribution in [0.5, 0.6) is 0 Å². The normalized spacial score (nSPS) is 19.9. The molecule has 2 rings (SSSR count). The van der Waals surface area contributed by atoms with Crippen molar-refractivity contribution < 1.29 is 19.1 Å². The minimum Gasteiger partial charge on any atom is -0.463 e. The van der Waals surface area contributed by atoms with Gasteiger partial charge in [-0.25, -0.2) is 9.59 Å². The minimum atomic E-state index is -0.330. The van der Waals surface area contributed by atoms with Gasteiger partial charge in [0.05, 0.1) is 23.8 Å². The molecule has 6 heteroatoms. The molecule has 2 heterocycles. The number of thioether (sulfide) groups is 1. The first-order chi connectivity index (χ1) is 9.17. The van der Waals surface area contributed by atoms with E-state index >= 15 is 0 Å². The van der Waals surface area contributed by atoms with E-state index in [4.69, 9.17) is 9.47 Å². The van der Waals surface area contributed by atoms with Gasteiger partial charge in [0.2, 0.25) is 0 Å². The number of hydrogen-bond acceptors (Lipinski definition) is 6. The number of fused-ring (bicyclic) bond motifs is 1. The average molecular weight is 283 g/mol. The fourth-order valence-electron chi connectivity index (χ4n) is 2.10. The quantitative estimate of drug-likeness (QED) is 0.578. The van der Waals surface area contributed by atoms with Crippen molar-refractivity contribution in [2.45, 2.75) is 20.3 Å². The Morgan fingerprint density at radius 1 is 1.32 bits per heavy atom. The maximum Gasteiger partial charge on any atom is 0.336 e. The van der Waals surface area contributed by atoms with E-state index in [1.54, 1.807) is 25.6 Å². The molecule has 0 spiro atoms. The highest BCUT2D eigenvalue weighted by Crippen LogP contribution is 2.42. The Bertz CT molecular complexity index is 456. The Hall–Kier alpha value is -1.43. The van der Waals surface area contributed by atoms with Crippen molar-refractivity contribution in [2.24, 2.45) is 0 Å². The molecule has 1 saturated heterocycles. The Kier molecular flexibility index (Phi) is 4.52. The third-order valence-electron chi connectivity index (χ3n) is 2.89. The van der Waals surface area contributed by atoms with Gasteiger partial charge in [-0.15, -0.1) is 11.8 Å². The predicted octanol–water partition coefficient (Wildman–Crippen LogP) is 1.66. The molecule has 0 atom stereocenters. The Morgan fingerprint density at radius 3 is 2.74 bits per heavy atom. The molecular formula is C13H17NO4S. The minimum absolute atomic E-state index is 0.245. The van der Waals surface area contributed by atoms with E-state index in [-0.39, 0.29) is 11.9 Å². The van der Waals surface area contributed by atoms with E-state index < -0.39 is 0 Å². The Labute approximate surface area is 116 Å². The number of rotatable bonds is 4. The lowest BCUT2D eigenvalue weighted by atomic mass is 10.2. The third kappa shape index (κ3) is 2.94. The summed E-state index contributed by atoms with van der Waals surface area (Å²) in [6.45, 7) is 5.05. The molecule has 0 saturated carbocycles. The smallest absolute Gasteiger partial charge is 0.336 e. The van der Waals surface area contributed by atoms with Crippen LogP contribution in [-0.2, 0) is 19.1 Å². The summed E-state index contributed by atoms with van der Waals surface area (Å²) < 4.78 is 9.95. The van der Waals surface area contributed by atoms with Crippen molar-refractivity contribution in [3.63, 3.8) is 0 Å². The van der Waals surface area contributed by atoms with Crippen molar-refractivity contribution in [3.8, 4) is 0 Å². The zero-order valence-electron chi connectivity index (χ0n) is 11.1. The van der Waals surface area contributed by atoms with E-state index in [9.17, 15) is 9.59 Å². The summed E-state index contributed by atoms with van der Waals surface area (Å²) in [5.41, 5.74) is 1.62. The molecule has 104 valence electrons. The summed E-state index contributed by atoms with van der Waals surface area (Å²) in [5.74, 6) is 0.116. The van der Waals surface area contributed by atoms with Gasteiger partial charge >= 0.3 is 11.9 Å². The van der Waals surface area contributed by atoms with Crippen LogP contribution in [0.25, 0.3) is 0 Å². The first-order valence-electron chi connectivity index (χ1n) is 6.35. The van der Waals surface area contributed by atoms with Crippen LogP contribution in [0.3, 0.4) is 0 Å². The van der Waals surface area contributed by atoms with Crippen molar-refractivity contribution in [2.75, 3.05) is 25.5 Å². The molecule has 0 bridgehead atoms. The van der Waals surface area contributed by atoms with Gasteiger partial charge < -0.3 is 14.4 Å². The number of hydrogen-bond donors (Lipinski definition) is 0. The maximum absolute atomic E-state index is 11.8. The molecule has 0 aromatic heterocycles. The highest BCUT2D eigenvalue weighted by molar-refractivity contribution is 8.03. The van der Waals surface area contributed by atoms with Gasteiger partial charge in [-0.2, -0.15) is 0 Å². The second-order valence-corrected chi connectivity index (χ2v) is 5.05. The van der Waals surface area contributed by atoms with E-state index in [0.717, 1.165) is 22.8 Å². The monoisotopic (exact) mass is 283 g/mol. The van der Waals surface area contributed by atoms with Crippen LogP contribution >= 0.6 is 11.8 Å². The summed E-state index contributed by atoms with van der Waals surface area (Å²) in [4.78, 5) is 25.3. The van der Waals surface area contributed by atoms with Gasteiger partial charge in [-0.3, -0.25) is 0 Å². The lowest BCUT2D eigenvalue weighted by Crippen LogP contribution is -2.15. The predicted molar refractivity (Wildman–Crippen MR) is 72.2 cm³/mol. The summed E-state index contributed by atoms with van der Waals surface area (Å²) in [5, 5.41) is 0.925. The molecule has 0 amide bonds. The molecule has 1 fully saturated rings. The second-order valence-electron chi connectivity index (χ2n) is 4.08. The molecule has 5 nitrogen and oxygen atoms in total. The van der Waals surface area contributed by atoms with Crippen molar-refractivity contribution in [3.05, 3.63) is 22.4 Å². The summed E-state index contributed by atoms with van der Waals surface area (Å²) in [6.07, 6.45) is 2.18. The van der Waals surface area contributed by atoms with Gasteiger partial charge in [-0.1, -0.05) is 0 Å². The number of nitrogens with zero attached hydrogens (tertiary/aromatic N) is 1. The van der Waals surface area contributed by atoms with Crippen molar-refractivity contribution >= 4 is 23.7 Å². The molecule has 0 aromatic rings. The molecule has 0 N–H and O–H groups in total.